The number of rotatable bonds is 6. The van der Waals surface area contributed by atoms with E-state index in [1.54, 1.807) is 32.4 Å². The first-order valence-corrected chi connectivity index (χ1v) is 10.3. The highest BCUT2D eigenvalue weighted by Crippen LogP contribution is 2.17. The summed E-state index contributed by atoms with van der Waals surface area (Å²) in [6.45, 7) is 2.68. The molecule has 7 nitrogen and oxygen atoms in total. The van der Waals surface area contributed by atoms with Gasteiger partial charge in [0, 0.05) is 30.8 Å². The number of quaternary nitrogens is 1. The largest absolute Gasteiger partial charge is 0.497 e. The van der Waals surface area contributed by atoms with Crippen LogP contribution < -0.4 is 20.5 Å². The van der Waals surface area contributed by atoms with Crippen molar-refractivity contribution in [3.8, 4) is 5.75 Å². The molecule has 2 N–H and O–H groups in total. The molecule has 0 spiro atoms. The van der Waals surface area contributed by atoms with Gasteiger partial charge in [-0.3, -0.25) is 9.59 Å². The van der Waals surface area contributed by atoms with Gasteiger partial charge in [0.05, 0.1) is 32.1 Å². The lowest BCUT2D eigenvalue weighted by atomic mass is 10.0. The predicted molar refractivity (Wildman–Crippen MR) is 115 cm³/mol. The molecule has 0 saturated carbocycles. The normalized spacial score (nSPS) is 15.3. The van der Waals surface area contributed by atoms with E-state index in [4.69, 9.17) is 4.74 Å². The molecule has 0 bridgehead atoms. The Labute approximate surface area is 175 Å². The lowest BCUT2D eigenvalue weighted by Gasteiger charge is -2.25. The Kier molecular flexibility index (Phi) is 5.81. The van der Waals surface area contributed by atoms with E-state index in [1.807, 2.05) is 18.2 Å². The van der Waals surface area contributed by atoms with E-state index < -0.39 is 0 Å². The maximum Gasteiger partial charge on any atom is 0.274 e. The van der Waals surface area contributed by atoms with Crippen molar-refractivity contribution in [1.29, 1.82) is 0 Å². The molecule has 2 heterocycles. The Balaban J connectivity index is 1.59. The van der Waals surface area contributed by atoms with Gasteiger partial charge in [0.1, 0.15) is 11.8 Å². The number of aryl methyl sites for hydroxylation is 1. The van der Waals surface area contributed by atoms with Crippen molar-refractivity contribution in [3.63, 3.8) is 0 Å². The zero-order chi connectivity index (χ0) is 21.1. The Hall–Kier alpha value is -3.19. The average molecular weight is 407 g/mol. The first-order valence-electron chi connectivity index (χ1n) is 10.3. The molecule has 3 aromatic rings. The summed E-state index contributed by atoms with van der Waals surface area (Å²) in [6.07, 6.45) is 2.39. The second kappa shape index (κ2) is 8.67. The quantitative estimate of drug-likeness (QED) is 0.641. The van der Waals surface area contributed by atoms with E-state index >= 15 is 0 Å². The summed E-state index contributed by atoms with van der Waals surface area (Å²) in [5.41, 5.74) is 1.24. The van der Waals surface area contributed by atoms with Gasteiger partial charge in [-0.1, -0.05) is 18.2 Å². The summed E-state index contributed by atoms with van der Waals surface area (Å²) < 4.78 is 6.51. The first kappa shape index (κ1) is 20.1. The fourth-order valence-corrected chi connectivity index (χ4v) is 4.26. The fourth-order valence-electron chi connectivity index (χ4n) is 4.26. The van der Waals surface area contributed by atoms with Crippen LogP contribution in [0.4, 0.5) is 0 Å². The smallest absolute Gasteiger partial charge is 0.274 e. The zero-order valence-corrected chi connectivity index (χ0v) is 17.4. The average Bonchev–Trinajstić information content (AvgIpc) is 3.31. The highest BCUT2D eigenvalue weighted by atomic mass is 16.5. The molecule has 7 heteroatoms. The third-order valence-corrected chi connectivity index (χ3v) is 5.90. The van der Waals surface area contributed by atoms with Crippen molar-refractivity contribution in [1.82, 2.24) is 15.1 Å². The van der Waals surface area contributed by atoms with Crippen LogP contribution in [0, 0.1) is 0 Å². The molecule has 1 atom stereocenters. The number of nitrogens with one attached hydrogen (secondary N) is 2. The van der Waals surface area contributed by atoms with Crippen LogP contribution in [0.25, 0.3) is 10.8 Å². The zero-order valence-electron chi connectivity index (χ0n) is 17.4. The summed E-state index contributed by atoms with van der Waals surface area (Å²) >= 11 is 0. The number of hydrogen-bond acceptors (Lipinski definition) is 4. The van der Waals surface area contributed by atoms with Crippen molar-refractivity contribution >= 4 is 16.7 Å². The van der Waals surface area contributed by atoms with Gasteiger partial charge < -0.3 is 15.0 Å². The van der Waals surface area contributed by atoms with E-state index in [0.717, 1.165) is 18.8 Å². The molecule has 1 fully saturated rings. The van der Waals surface area contributed by atoms with Gasteiger partial charge in [-0.2, -0.15) is 5.10 Å². The molecule has 1 saturated heterocycles. The number of carbonyl (C=O) groups is 1. The van der Waals surface area contributed by atoms with Gasteiger partial charge in [0.15, 0.2) is 5.69 Å². The molecule has 1 amide bonds. The van der Waals surface area contributed by atoms with Gasteiger partial charge in [-0.15, -0.1) is 0 Å². The Morgan fingerprint density at radius 3 is 2.47 bits per heavy atom. The number of likely N-dealkylation sites (tertiary alicyclic amines) is 1. The second-order valence-electron chi connectivity index (χ2n) is 7.72. The number of ether oxygens (including phenoxy) is 1. The Morgan fingerprint density at radius 2 is 1.80 bits per heavy atom. The van der Waals surface area contributed by atoms with Crippen LogP contribution in [0.5, 0.6) is 5.75 Å². The Morgan fingerprint density at radius 1 is 1.13 bits per heavy atom. The van der Waals surface area contributed by atoms with Gasteiger partial charge in [0.2, 0.25) is 0 Å². The molecule has 1 aromatic heterocycles. The molecule has 156 valence electrons. The van der Waals surface area contributed by atoms with Crippen molar-refractivity contribution in [2.45, 2.75) is 18.9 Å². The van der Waals surface area contributed by atoms with Crippen LogP contribution in [-0.4, -0.2) is 42.4 Å². The van der Waals surface area contributed by atoms with Crippen LogP contribution in [0.3, 0.4) is 0 Å². The molecule has 0 unspecified atom stereocenters. The molecule has 30 heavy (non-hydrogen) atoms. The number of carbonyl (C=O) groups excluding carboxylic acids is 1. The number of aromatic nitrogens is 2. The van der Waals surface area contributed by atoms with E-state index in [0.29, 0.717) is 17.3 Å². The van der Waals surface area contributed by atoms with E-state index in [9.17, 15) is 9.59 Å². The number of hydrogen-bond donors (Lipinski definition) is 2. The van der Waals surface area contributed by atoms with Crippen LogP contribution in [-0.2, 0) is 7.05 Å². The minimum Gasteiger partial charge on any atom is -0.497 e. The second-order valence-corrected chi connectivity index (χ2v) is 7.72. The van der Waals surface area contributed by atoms with E-state index in [-0.39, 0.29) is 23.2 Å². The third-order valence-electron chi connectivity index (χ3n) is 5.90. The summed E-state index contributed by atoms with van der Waals surface area (Å²) in [6, 6.07) is 15.3. The third kappa shape index (κ3) is 3.93. The highest BCUT2D eigenvalue weighted by Gasteiger charge is 2.28. The van der Waals surface area contributed by atoms with E-state index in [2.05, 4.69) is 22.5 Å². The molecule has 4 rings (SSSR count). The topological polar surface area (TPSA) is 77.7 Å². The number of nitrogens with zero attached hydrogens (tertiary/aromatic N) is 2. The molecule has 0 aliphatic carbocycles. The molecule has 2 aromatic carbocycles. The SMILES string of the molecule is COc1ccc([C@@H](CNC(=O)c2nn(C)c(=O)c3ccccc23)[NH+]2CCCC2)cc1. The highest BCUT2D eigenvalue weighted by molar-refractivity contribution is 6.04. The summed E-state index contributed by atoms with van der Waals surface area (Å²) in [7, 11) is 3.23. The van der Waals surface area contributed by atoms with Crippen LogP contribution in [0.15, 0.2) is 53.3 Å². The number of amides is 1. The van der Waals surface area contributed by atoms with Gasteiger partial charge >= 0.3 is 0 Å². The van der Waals surface area contributed by atoms with Gasteiger partial charge in [-0.25, -0.2) is 4.68 Å². The minimum atomic E-state index is -0.265. The molecule has 1 aliphatic rings. The number of methoxy groups -OCH3 is 1. The van der Waals surface area contributed by atoms with Crippen molar-refractivity contribution < 1.29 is 14.4 Å². The van der Waals surface area contributed by atoms with Crippen LogP contribution in [0.1, 0.15) is 34.9 Å². The number of benzene rings is 2. The van der Waals surface area contributed by atoms with E-state index in [1.165, 1.54) is 28.0 Å². The maximum atomic E-state index is 13.1. The molecular weight excluding hydrogens is 380 g/mol. The predicted octanol–water partition coefficient (Wildman–Crippen LogP) is 1.09. The summed E-state index contributed by atoms with van der Waals surface area (Å²) in [4.78, 5) is 26.9. The fraction of sp³-hybridized carbons (Fsp3) is 0.348. The molecular formula is C23H27N4O3+. The summed E-state index contributed by atoms with van der Waals surface area (Å²) in [5.74, 6) is 0.553. The van der Waals surface area contributed by atoms with Crippen molar-refractivity contribution in [2.24, 2.45) is 7.05 Å². The monoisotopic (exact) mass is 407 g/mol. The van der Waals surface area contributed by atoms with Crippen molar-refractivity contribution in [3.05, 3.63) is 70.1 Å². The maximum absolute atomic E-state index is 13.1. The van der Waals surface area contributed by atoms with Crippen LogP contribution in [0.2, 0.25) is 0 Å². The van der Waals surface area contributed by atoms with Crippen molar-refractivity contribution in [2.75, 3.05) is 26.7 Å². The molecule has 0 radical (unpaired) electrons. The standard InChI is InChI=1S/C23H26N4O3/c1-26-23(29)19-8-4-3-7-18(19)21(25-26)22(28)24-15-20(27-13-5-6-14-27)16-9-11-17(30-2)12-10-16/h3-4,7-12,20H,5-6,13-15H2,1-2H3,(H,24,28)/p+1/t20-/m1/s1. The van der Waals surface area contributed by atoms with Gasteiger partial charge in [-0.05, 0) is 30.3 Å². The summed E-state index contributed by atoms with van der Waals surface area (Å²) in [5, 5.41) is 8.39. The first-order chi connectivity index (χ1) is 14.6. The van der Waals surface area contributed by atoms with Crippen LogP contribution >= 0.6 is 0 Å². The lowest BCUT2D eigenvalue weighted by molar-refractivity contribution is -0.918. The Bertz CT molecular complexity index is 1100. The minimum absolute atomic E-state index is 0.154. The molecule has 1 aliphatic heterocycles. The van der Waals surface area contributed by atoms with Gasteiger partial charge in [0.25, 0.3) is 11.5 Å². The lowest BCUT2D eigenvalue weighted by Crippen LogP contribution is -3.11. The number of fused-ring (bicyclic) bond motifs is 1.